The Bertz CT molecular complexity index is 3940. The van der Waals surface area contributed by atoms with Crippen LogP contribution >= 0.6 is 0 Å². The van der Waals surface area contributed by atoms with Crippen LogP contribution in [0.4, 0.5) is 11.5 Å². The van der Waals surface area contributed by atoms with E-state index in [1.54, 1.807) is 0 Å². The van der Waals surface area contributed by atoms with Gasteiger partial charge in [0, 0.05) is 16.3 Å². The molecule has 1 aliphatic heterocycles. The van der Waals surface area contributed by atoms with E-state index >= 15 is 0 Å². The molecule has 0 spiro atoms. The predicted octanol–water partition coefficient (Wildman–Crippen LogP) is 13.8. The van der Waals surface area contributed by atoms with Crippen LogP contribution in [0.15, 0.2) is 212 Å². The van der Waals surface area contributed by atoms with Crippen LogP contribution in [0.5, 0.6) is 11.6 Å². The molecule has 4 heterocycles. The Morgan fingerprint density at radius 2 is 1.24 bits per heavy atom. The minimum atomic E-state index is -0.504. The van der Waals surface area contributed by atoms with Crippen LogP contribution in [-0.2, 0) is 24.8 Å². The topological polar surface area (TPSA) is 40.1 Å². The molecule has 0 bridgehead atoms. The maximum atomic E-state index is 9.13. The van der Waals surface area contributed by atoms with Crippen LogP contribution in [0.2, 0.25) is 0 Å². The second-order valence-electron chi connectivity index (χ2n) is 17.7. The van der Waals surface area contributed by atoms with Gasteiger partial charge in [-0.3, -0.25) is 0 Å². The number of benzene rings is 8. The predicted molar refractivity (Wildman–Crippen MR) is 269 cm³/mol. The van der Waals surface area contributed by atoms with Crippen molar-refractivity contribution in [1.29, 1.82) is 0 Å². The van der Waals surface area contributed by atoms with Gasteiger partial charge >= 0.3 is 314 Å². The second kappa shape index (κ2) is 15.9. The summed E-state index contributed by atoms with van der Waals surface area (Å²) in [5, 5.41) is 1.27. The minimum absolute atomic E-state index is 0.0315. The Kier molecular flexibility index (Phi) is 8.63. The summed E-state index contributed by atoms with van der Waals surface area (Å²) < 4.78 is 49.7. The molecule has 1 aliphatic rings. The summed E-state index contributed by atoms with van der Waals surface area (Å²) in [4.78, 5) is 7.30. The molecule has 11 aromatic rings. The summed E-state index contributed by atoms with van der Waals surface area (Å²) >= 11 is 2.47. The van der Waals surface area contributed by atoms with Crippen molar-refractivity contribution in [2.75, 3.05) is 4.81 Å². The average molecular weight is 1040 g/mol. The molecule has 320 valence electrons. The van der Waals surface area contributed by atoms with Crippen molar-refractivity contribution in [1.82, 2.24) is 18.6 Å². The number of para-hydroxylation sites is 5. The summed E-state index contributed by atoms with van der Waals surface area (Å²) in [7, 11) is 0. The Balaban J connectivity index is 0.965. The number of hydrogen-bond acceptors (Lipinski definition) is 3. The molecule has 3 aromatic heterocycles. The number of fused-ring (bicyclic) bond motifs is 4. The molecule has 8 heteroatoms. The number of aromatic nitrogens is 4. The van der Waals surface area contributed by atoms with E-state index in [0.717, 1.165) is 70.5 Å². The molecular weight excluding hydrogens is 989 g/mol. The molecule has 12 rings (SSSR count). The van der Waals surface area contributed by atoms with Crippen LogP contribution in [0.1, 0.15) is 31.8 Å². The standard InChI is InChI=1S/C58H44BN5O.Pt/c1-58(2,3)42-36-34-41(35-37-42)47-26-15-25-46(40-18-6-4-7-19-40)56(47)62-39-61(51-29-12-13-30-52(51)62)44-22-14-23-45(38-44)65-55-33-17-32-54(60-55)63-53-31-16-27-49-48-24-10-11-28-50(48)64(57(49)53)59(63)43-20-8-5-9-21-43;/h4-38H,1-3H3;/i10D,11D,24D,28D;. The Hall–Kier alpha value is -7.47. The first-order valence-electron chi connectivity index (χ1n) is 24.1. The molecule has 0 N–H and O–H groups in total. The summed E-state index contributed by atoms with van der Waals surface area (Å²) in [5.41, 5.74) is 13.0. The maximum absolute atomic E-state index is 9.13. The number of anilines is 2. The van der Waals surface area contributed by atoms with Crippen molar-refractivity contribution in [3.05, 3.63) is 222 Å². The van der Waals surface area contributed by atoms with Gasteiger partial charge in [0.2, 0.25) is 0 Å². The first-order valence-corrected chi connectivity index (χ1v) is 23.2. The Morgan fingerprint density at radius 3 is 2.00 bits per heavy atom. The molecule has 8 aromatic carbocycles. The van der Waals surface area contributed by atoms with Gasteiger partial charge in [-0.05, 0) is 6.04 Å². The normalized spacial score (nSPS) is 13.3. The molecule has 0 saturated heterocycles. The Labute approximate surface area is 400 Å². The third-order valence-corrected chi connectivity index (χ3v) is 13.7. The number of pyridine rings is 1. The number of rotatable bonds is 8. The van der Waals surface area contributed by atoms with Crippen molar-refractivity contribution in [3.63, 3.8) is 0 Å². The number of imidazole rings is 1. The number of nitrogens with zero attached hydrogens (tertiary/aromatic N) is 5. The van der Waals surface area contributed by atoms with Crippen molar-refractivity contribution >= 4 is 56.8 Å². The number of hydrogen-bond donors (Lipinski definition) is 0. The fraction of sp³-hybridized carbons (Fsp3) is 0.0690. The molecule has 0 atom stereocenters. The van der Waals surface area contributed by atoms with E-state index in [9.17, 15) is 0 Å². The van der Waals surface area contributed by atoms with Crippen LogP contribution in [-0.4, -0.2) is 25.6 Å². The van der Waals surface area contributed by atoms with Crippen LogP contribution < -0.4 is 15.0 Å². The summed E-state index contributed by atoms with van der Waals surface area (Å²) in [6, 6.07) is 63.9. The van der Waals surface area contributed by atoms with Gasteiger partial charge in [0.1, 0.15) is 0 Å². The molecule has 6 nitrogen and oxygen atoms in total. The van der Waals surface area contributed by atoms with Gasteiger partial charge in [0.05, 0.1) is 5.48 Å². The average Bonchev–Trinajstić information content (AvgIpc) is 4.02. The van der Waals surface area contributed by atoms with Crippen molar-refractivity contribution in [3.8, 4) is 45.3 Å². The van der Waals surface area contributed by atoms with E-state index in [0.29, 0.717) is 28.4 Å². The van der Waals surface area contributed by atoms with Crippen LogP contribution in [0.3, 0.4) is 0 Å². The van der Waals surface area contributed by atoms with E-state index in [-0.39, 0.29) is 29.6 Å². The zero-order valence-corrected chi connectivity index (χ0v) is 38.7. The second-order valence-corrected chi connectivity index (χ2v) is 18.7. The molecular formula is C58H44BN5OPt. The molecule has 0 saturated carbocycles. The van der Waals surface area contributed by atoms with Crippen molar-refractivity contribution < 1.29 is 29.6 Å². The SMILES string of the molecule is [2H]c1c([2H])c([2H])c2c(c1[2H])c1cccc3c1n2B(c1ccccc1)N3c1cccc(Oc2cccc(-n3[c](=[Pt])n(-c4c(-c5ccccc5)cccc4-c4ccc(C(C)(C)C)cc4)c4ccccc43)c2)n1. The first kappa shape index (κ1) is 35.8. The van der Waals surface area contributed by atoms with Crippen LogP contribution in [0, 0.1) is 3.80 Å². The van der Waals surface area contributed by atoms with Gasteiger partial charge in [-0.25, -0.2) is 0 Å². The van der Waals surface area contributed by atoms with Gasteiger partial charge in [0.15, 0.2) is 0 Å². The van der Waals surface area contributed by atoms with Gasteiger partial charge < -0.3 is 0 Å². The molecule has 66 heavy (non-hydrogen) atoms. The third-order valence-electron chi connectivity index (χ3n) is 12.6. The molecule has 0 aliphatic carbocycles. The van der Waals surface area contributed by atoms with Gasteiger partial charge in [0.25, 0.3) is 0 Å². The fourth-order valence-corrected chi connectivity index (χ4v) is 10.7. The molecule has 0 fully saturated rings. The quantitative estimate of drug-likeness (QED) is 0.142. The monoisotopic (exact) mass is 1040 g/mol. The summed E-state index contributed by atoms with van der Waals surface area (Å²) in [6.45, 7) is 6.24. The number of ether oxygens (including phenoxy) is 1. The Morgan fingerprint density at radius 1 is 0.591 bits per heavy atom. The van der Waals surface area contributed by atoms with Crippen molar-refractivity contribution in [2.45, 2.75) is 26.2 Å². The van der Waals surface area contributed by atoms with Gasteiger partial charge in [-0.2, -0.15) is 0 Å². The third kappa shape index (κ3) is 6.60. The van der Waals surface area contributed by atoms with E-state index in [1.807, 2.05) is 83.3 Å². The summed E-state index contributed by atoms with van der Waals surface area (Å²) in [5.74, 6) is 1.64. The van der Waals surface area contributed by atoms with E-state index in [4.69, 9.17) is 15.2 Å². The van der Waals surface area contributed by atoms with E-state index < -0.39 is 6.98 Å². The van der Waals surface area contributed by atoms with Gasteiger partial charge in [-0.1, -0.05) is 60.6 Å². The van der Waals surface area contributed by atoms with E-state index in [1.165, 1.54) is 5.56 Å². The zero-order valence-electron chi connectivity index (χ0n) is 40.4. The van der Waals surface area contributed by atoms with Crippen LogP contribution in [0.25, 0.3) is 66.5 Å². The molecule has 0 radical (unpaired) electrons. The zero-order chi connectivity index (χ0) is 48.0. The van der Waals surface area contributed by atoms with Crippen molar-refractivity contribution in [2.24, 2.45) is 0 Å². The fourth-order valence-electron chi connectivity index (χ4n) is 9.63. The first-order chi connectivity index (χ1) is 34.0. The molecule has 0 unspecified atom stereocenters. The molecule has 0 amide bonds. The summed E-state index contributed by atoms with van der Waals surface area (Å²) in [6.07, 6.45) is 0. The van der Waals surface area contributed by atoms with E-state index in [2.05, 4.69) is 163 Å². The van der Waals surface area contributed by atoms with Gasteiger partial charge in [-0.15, -0.1) is 0 Å².